The Hall–Kier alpha value is -0.280. The number of piperidine rings is 2. The lowest BCUT2D eigenvalue weighted by Gasteiger charge is -2.36. The van der Waals surface area contributed by atoms with Crippen molar-refractivity contribution in [3.05, 3.63) is 0 Å². The number of ether oxygens (including phenoxy) is 1. The molecule has 0 bridgehead atoms. The van der Waals surface area contributed by atoms with E-state index < -0.39 is 5.60 Å². The van der Waals surface area contributed by atoms with Crippen LogP contribution >= 0.6 is 0 Å². The molecule has 0 unspecified atom stereocenters. The second kappa shape index (κ2) is 27.3. The van der Waals surface area contributed by atoms with Gasteiger partial charge >= 0.3 is 0 Å². The topological polar surface area (TPSA) is 45.7 Å². The molecule has 5 saturated heterocycles. The highest BCUT2D eigenvalue weighted by Gasteiger charge is 2.27. The molecule has 1 N–H and O–H groups in total. The van der Waals surface area contributed by atoms with Gasteiger partial charge < -0.3 is 29.4 Å². The van der Waals surface area contributed by atoms with Crippen molar-refractivity contribution in [1.29, 1.82) is 0 Å². The third-order valence-corrected chi connectivity index (χ3v) is 9.75. The number of aliphatic hydroxyl groups is 1. The quantitative estimate of drug-likeness (QED) is 0.252. The molecule has 0 atom stereocenters. The number of rotatable bonds is 10. The van der Waals surface area contributed by atoms with Crippen LogP contribution in [0.25, 0.3) is 0 Å². The van der Waals surface area contributed by atoms with E-state index in [4.69, 9.17) is 4.74 Å². The van der Waals surface area contributed by atoms with Gasteiger partial charge in [-0.1, -0.05) is 75.7 Å². The maximum Gasteiger partial charge on any atom is 0.0644 e. The summed E-state index contributed by atoms with van der Waals surface area (Å²) in [6.45, 7) is 45.3. The average molecular weight is 696 g/mol. The van der Waals surface area contributed by atoms with Gasteiger partial charge in [0, 0.05) is 58.9 Å². The molecule has 5 heterocycles. The third kappa shape index (κ3) is 27.1. The predicted octanol–water partition coefficient (Wildman–Crippen LogP) is 7.68. The van der Waals surface area contributed by atoms with E-state index in [-0.39, 0.29) is 0 Å². The summed E-state index contributed by atoms with van der Waals surface area (Å²) in [6.07, 6.45) is 10.4. The molecule has 0 spiro atoms. The van der Waals surface area contributed by atoms with Crippen LogP contribution in [-0.2, 0) is 4.74 Å². The van der Waals surface area contributed by atoms with Crippen molar-refractivity contribution in [3.63, 3.8) is 0 Å². The first kappa shape index (κ1) is 46.7. The normalized spacial score (nSPS) is 22.5. The van der Waals surface area contributed by atoms with Crippen molar-refractivity contribution >= 4 is 0 Å². The molecule has 0 amide bonds. The highest BCUT2D eigenvalue weighted by molar-refractivity contribution is 4.81. The summed E-state index contributed by atoms with van der Waals surface area (Å²) >= 11 is 0. The zero-order valence-electron chi connectivity index (χ0n) is 35.2. The molecule has 5 aliphatic heterocycles. The third-order valence-electron chi connectivity index (χ3n) is 9.75. The number of hydrogen-bond donors (Lipinski definition) is 1. The molecule has 5 fully saturated rings. The molecular formula is C42H89N5O2. The first-order valence-corrected chi connectivity index (χ1v) is 21.1. The summed E-state index contributed by atoms with van der Waals surface area (Å²) < 4.78 is 5.24. The Morgan fingerprint density at radius 1 is 0.408 bits per heavy atom. The monoisotopic (exact) mass is 696 g/mol. The molecule has 0 aliphatic carbocycles. The van der Waals surface area contributed by atoms with Crippen molar-refractivity contribution in [2.45, 2.75) is 133 Å². The van der Waals surface area contributed by atoms with E-state index >= 15 is 0 Å². The Morgan fingerprint density at radius 3 is 0.959 bits per heavy atom. The maximum atomic E-state index is 9.70. The van der Waals surface area contributed by atoms with Gasteiger partial charge in [-0.3, -0.25) is 4.90 Å². The minimum atomic E-state index is -0.395. The predicted molar refractivity (Wildman–Crippen MR) is 215 cm³/mol. The Morgan fingerprint density at radius 2 is 0.673 bits per heavy atom. The van der Waals surface area contributed by atoms with Gasteiger partial charge in [-0.05, 0) is 121 Å². The Balaban J connectivity index is 0.000000308. The van der Waals surface area contributed by atoms with Gasteiger partial charge in [0.2, 0.25) is 0 Å². The molecule has 7 heteroatoms. The smallest absolute Gasteiger partial charge is 0.0644 e. The first-order valence-electron chi connectivity index (χ1n) is 21.1. The van der Waals surface area contributed by atoms with E-state index in [0.29, 0.717) is 0 Å². The largest absolute Gasteiger partial charge is 0.390 e. The summed E-state index contributed by atoms with van der Waals surface area (Å²) in [7, 11) is 0. The Labute approximate surface area is 307 Å². The molecule has 0 radical (unpaired) electrons. The van der Waals surface area contributed by atoms with Crippen molar-refractivity contribution in [2.75, 3.05) is 111 Å². The molecule has 0 aromatic heterocycles. The van der Waals surface area contributed by atoms with Crippen LogP contribution in [0.1, 0.15) is 128 Å². The first-order chi connectivity index (χ1) is 23.1. The minimum absolute atomic E-state index is 0.395. The van der Waals surface area contributed by atoms with Crippen molar-refractivity contribution in [3.8, 4) is 0 Å². The Kier molecular flexibility index (Phi) is 26.1. The summed E-state index contributed by atoms with van der Waals surface area (Å²) in [5.74, 6) is 4.09. The van der Waals surface area contributed by atoms with E-state index in [9.17, 15) is 5.11 Å². The van der Waals surface area contributed by atoms with Crippen LogP contribution in [0, 0.1) is 29.6 Å². The Bertz CT molecular complexity index is 703. The number of likely N-dealkylation sites (tertiary alicyclic amines) is 4. The van der Waals surface area contributed by atoms with Gasteiger partial charge in [0.1, 0.15) is 0 Å². The highest BCUT2D eigenvalue weighted by Crippen LogP contribution is 2.21. The molecule has 0 aromatic rings. The molecular weight excluding hydrogens is 606 g/mol. The van der Waals surface area contributed by atoms with E-state index in [2.05, 4.69) is 93.7 Å². The molecule has 0 aromatic carbocycles. The standard InChI is InChI=1S/C10H21NO.C9H19N.C8H17NO.C8H17N.C7H15N/c1-9(2)8-11-6-4-10(3,12)5-7-11;1-9(2)8-10-6-4-3-5-7-10;1-8(2)7-9-3-5-10-6-4-9;1-8(2)7-9-5-3-4-6-9;1-7(2)6-8-4-3-5-8/h9,12H,4-8H2,1-3H3;9H,3-8H2,1-2H3;8H,3-7H2,1-2H3;8H,3-7H2,1-2H3;7H,3-6H2,1-2H3. The van der Waals surface area contributed by atoms with E-state index in [0.717, 1.165) is 81.8 Å². The van der Waals surface area contributed by atoms with Crippen LogP contribution in [0.15, 0.2) is 0 Å². The molecule has 7 nitrogen and oxygen atoms in total. The van der Waals surface area contributed by atoms with Gasteiger partial charge in [-0.15, -0.1) is 0 Å². The fourth-order valence-electron chi connectivity index (χ4n) is 7.25. The lowest BCUT2D eigenvalue weighted by atomic mass is 9.93. The van der Waals surface area contributed by atoms with Crippen LogP contribution in [0.5, 0.6) is 0 Å². The second-order valence-corrected chi connectivity index (χ2v) is 18.2. The van der Waals surface area contributed by atoms with E-state index in [1.165, 1.54) is 111 Å². The highest BCUT2D eigenvalue weighted by atomic mass is 16.5. The van der Waals surface area contributed by atoms with Gasteiger partial charge in [0.25, 0.3) is 0 Å². The van der Waals surface area contributed by atoms with Crippen molar-refractivity contribution < 1.29 is 9.84 Å². The SMILES string of the molecule is CC(C)CN1CCC(C)(O)CC1.CC(C)CN1CCC1.CC(C)CN1CCCC1.CC(C)CN1CCCCC1.CC(C)CN1CCOCC1. The van der Waals surface area contributed by atoms with E-state index in [1.807, 2.05) is 6.92 Å². The fourth-order valence-corrected chi connectivity index (χ4v) is 7.25. The van der Waals surface area contributed by atoms with Crippen molar-refractivity contribution in [2.24, 2.45) is 29.6 Å². The van der Waals surface area contributed by atoms with Crippen LogP contribution in [0.4, 0.5) is 0 Å². The van der Waals surface area contributed by atoms with Crippen LogP contribution in [0.3, 0.4) is 0 Å². The van der Waals surface area contributed by atoms with Crippen LogP contribution in [0.2, 0.25) is 0 Å². The van der Waals surface area contributed by atoms with Gasteiger partial charge in [0.05, 0.1) is 18.8 Å². The molecule has 294 valence electrons. The lowest BCUT2D eigenvalue weighted by molar-refractivity contribution is -0.00770. The van der Waals surface area contributed by atoms with Crippen molar-refractivity contribution in [1.82, 2.24) is 24.5 Å². The molecule has 49 heavy (non-hydrogen) atoms. The van der Waals surface area contributed by atoms with Gasteiger partial charge in [-0.2, -0.15) is 0 Å². The fraction of sp³-hybridized carbons (Fsp3) is 1.00. The maximum absolute atomic E-state index is 9.70. The van der Waals surface area contributed by atoms with E-state index in [1.54, 1.807) is 0 Å². The average Bonchev–Trinajstić information content (AvgIpc) is 3.50. The molecule has 0 saturated carbocycles. The van der Waals surface area contributed by atoms with Gasteiger partial charge in [0.15, 0.2) is 0 Å². The second-order valence-electron chi connectivity index (χ2n) is 18.2. The summed E-state index contributed by atoms with van der Waals surface area (Å²) in [4.78, 5) is 12.6. The minimum Gasteiger partial charge on any atom is -0.390 e. The van der Waals surface area contributed by atoms with Crippen LogP contribution < -0.4 is 0 Å². The summed E-state index contributed by atoms with van der Waals surface area (Å²) in [5, 5.41) is 9.70. The number of nitrogens with zero attached hydrogens (tertiary/aromatic N) is 5. The number of hydrogen-bond acceptors (Lipinski definition) is 7. The lowest BCUT2D eigenvalue weighted by Crippen LogP contribution is -2.43. The summed E-state index contributed by atoms with van der Waals surface area (Å²) in [5.41, 5.74) is -0.395. The zero-order valence-corrected chi connectivity index (χ0v) is 35.2. The van der Waals surface area contributed by atoms with Crippen LogP contribution in [-0.4, -0.2) is 147 Å². The molecule has 5 rings (SSSR count). The zero-order chi connectivity index (χ0) is 36.7. The molecule has 5 aliphatic rings. The number of morpholine rings is 1. The van der Waals surface area contributed by atoms with Gasteiger partial charge in [-0.25, -0.2) is 0 Å². The summed E-state index contributed by atoms with van der Waals surface area (Å²) in [6, 6.07) is 0.